The van der Waals surface area contributed by atoms with E-state index in [-0.39, 0.29) is 0 Å². The van der Waals surface area contributed by atoms with Crippen LogP contribution >= 0.6 is 0 Å². The third kappa shape index (κ3) is 22.5. The number of hydrogen-bond acceptors (Lipinski definition) is 3. The molecule has 0 saturated carbocycles. The van der Waals surface area contributed by atoms with Gasteiger partial charge < -0.3 is 5.11 Å². The van der Waals surface area contributed by atoms with Crippen LogP contribution in [0.2, 0.25) is 0 Å². The van der Waals surface area contributed by atoms with Gasteiger partial charge in [-0.3, -0.25) is 5.01 Å². The van der Waals surface area contributed by atoms with Crippen molar-refractivity contribution < 1.29 is 5.11 Å². The van der Waals surface area contributed by atoms with E-state index < -0.39 is 0 Å². The van der Waals surface area contributed by atoms with E-state index in [4.69, 9.17) is 5.11 Å². The predicted molar refractivity (Wildman–Crippen MR) is 59.9 cm³/mol. The van der Waals surface area contributed by atoms with Gasteiger partial charge in [0, 0.05) is 20.7 Å². The van der Waals surface area contributed by atoms with Crippen LogP contribution in [0.1, 0.15) is 45.4 Å². The average Bonchev–Trinajstić information content (AvgIpc) is 2.19. The molecule has 0 aliphatic heterocycles. The minimum atomic E-state index is 0.367. The van der Waals surface area contributed by atoms with Crippen molar-refractivity contribution in [2.75, 3.05) is 20.7 Å². The maximum atomic E-state index is 9.18. The Kier molecular flexibility index (Phi) is 16.8. The van der Waals surface area contributed by atoms with E-state index in [1.165, 1.54) is 37.1 Å². The highest BCUT2D eigenvalue weighted by Gasteiger charge is 1.86. The Morgan fingerprint density at radius 2 is 1.50 bits per heavy atom. The minimum Gasteiger partial charge on any atom is -0.396 e. The molecule has 0 fully saturated rings. The van der Waals surface area contributed by atoms with E-state index in [0.29, 0.717) is 6.61 Å². The van der Waals surface area contributed by atoms with Crippen molar-refractivity contribution in [3.8, 4) is 0 Å². The molecular weight excluding hydrogens is 180 g/mol. The summed E-state index contributed by atoms with van der Waals surface area (Å²) in [5.41, 5.74) is 0. The van der Waals surface area contributed by atoms with Crippen molar-refractivity contribution in [2.24, 2.45) is 5.29 Å². The molecule has 14 heavy (non-hydrogen) atoms. The molecule has 0 aliphatic rings. The van der Waals surface area contributed by atoms with Crippen molar-refractivity contribution in [1.29, 1.82) is 0 Å². The zero-order chi connectivity index (χ0) is 11.2. The summed E-state index contributed by atoms with van der Waals surface area (Å²) in [5.74, 6) is 0. The minimum absolute atomic E-state index is 0.367. The number of rotatable bonds is 7. The number of nitrogens with zero attached hydrogens (tertiary/aromatic N) is 2. The van der Waals surface area contributed by atoms with Gasteiger partial charge in [0.1, 0.15) is 0 Å². The highest BCUT2D eigenvalue weighted by Crippen LogP contribution is 2.03. The summed E-state index contributed by atoms with van der Waals surface area (Å²) in [6.45, 7) is 2.58. The maximum absolute atomic E-state index is 9.18. The molecule has 4 nitrogen and oxygen atoms in total. The third-order valence-corrected chi connectivity index (χ3v) is 1.67. The van der Waals surface area contributed by atoms with Crippen molar-refractivity contribution in [3.63, 3.8) is 0 Å². The van der Waals surface area contributed by atoms with Crippen molar-refractivity contribution in [3.05, 3.63) is 4.91 Å². The van der Waals surface area contributed by atoms with Gasteiger partial charge in [-0.2, -0.15) is 0 Å². The van der Waals surface area contributed by atoms with E-state index in [1.807, 2.05) is 0 Å². The van der Waals surface area contributed by atoms with Crippen LogP contribution in [0.25, 0.3) is 0 Å². The molecular formula is C10H24N2O2. The first kappa shape index (κ1) is 15.8. The van der Waals surface area contributed by atoms with Crippen molar-refractivity contribution in [2.45, 2.75) is 45.4 Å². The fourth-order valence-electron chi connectivity index (χ4n) is 0.892. The molecule has 86 valence electrons. The van der Waals surface area contributed by atoms with Gasteiger partial charge in [0.25, 0.3) is 0 Å². The van der Waals surface area contributed by atoms with Crippen LogP contribution in [0.4, 0.5) is 0 Å². The largest absolute Gasteiger partial charge is 0.396 e. The van der Waals surface area contributed by atoms with Gasteiger partial charge in [-0.25, -0.2) is 0 Å². The Hall–Kier alpha value is -0.640. The predicted octanol–water partition coefficient (Wildman–Crippen LogP) is 2.57. The van der Waals surface area contributed by atoms with Crippen molar-refractivity contribution >= 4 is 0 Å². The fraction of sp³-hybridized carbons (Fsp3) is 1.00. The van der Waals surface area contributed by atoms with Gasteiger partial charge in [0.2, 0.25) is 0 Å². The number of nitroso groups, excluding NO2 is 1. The summed E-state index contributed by atoms with van der Waals surface area (Å²) in [6, 6.07) is 0. The fourth-order valence-corrected chi connectivity index (χ4v) is 0.892. The van der Waals surface area contributed by atoms with Gasteiger partial charge >= 0.3 is 0 Å². The van der Waals surface area contributed by atoms with Crippen LogP contribution in [0.5, 0.6) is 0 Å². The standard InChI is InChI=1S/C8H18O.C2H6N2O/c1-2-3-4-5-6-7-8-9;1-4(2)3-5/h9H,2-8H2,1H3;1-2H3. The molecule has 0 bridgehead atoms. The molecule has 0 rings (SSSR count). The molecule has 0 spiro atoms. The first-order valence-corrected chi connectivity index (χ1v) is 5.30. The Bertz CT molecular complexity index is 102. The Morgan fingerprint density at radius 3 is 1.86 bits per heavy atom. The highest BCUT2D eigenvalue weighted by atomic mass is 16.3. The Labute approximate surface area is 87.2 Å². The van der Waals surface area contributed by atoms with Gasteiger partial charge in [-0.05, 0) is 6.42 Å². The van der Waals surface area contributed by atoms with Crippen molar-refractivity contribution in [1.82, 2.24) is 5.01 Å². The molecule has 0 aromatic carbocycles. The highest BCUT2D eigenvalue weighted by molar-refractivity contribution is 4.41. The second-order valence-electron chi connectivity index (χ2n) is 3.42. The molecule has 0 aromatic heterocycles. The van der Waals surface area contributed by atoms with Crippen LogP contribution in [-0.2, 0) is 0 Å². The second kappa shape index (κ2) is 14.9. The molecule has 0 aromatic rings. The molecule has 0 aliphatic carbocycles. The van der Waals surface area contributed by atoms with Crippen LogP contribution in [0.3, 0.4) is 0 Å². The number of hydrogen-bond donors (Lipinski definition) is 1. The molecule has 0 radical (unpaired) electrons. The summed E-state index contributed by atoms with van der Waals surface area (Å²) < 4.78 is 0. The molecule has 0 heterocycles. The SMILES string of the molecule is CCCCCCCCO.CN(C)N=O. The number of aliphatic hydroxyl groups excluding tert-OH is 1. The van der Waals surface area contributed by atoms with E-state index in [9.17, 15) is 4.91 Å². The maximum Gasteiger partial charge on any atom is 0.0518 e. The zero-order valence-corrected chi connectivity index (χ0v) is 9.70. The monoisotopic (exact) mass is 204 g/mol. The van der Waals surface area contributed by atoms with Crippen LogP contribution in [0.15, 0.2) is 5.29 Å². The summed E-state index contributed by atoms with van der Waals surface area (Å²) in [5, 5.41) is 12.1. The molecule has 0 unspecified atom stereocenters. The first-order chi connectivity index (χ1) is 6.68. The average molecular weight is 204 g/mol. The molecule has 0 atom stereocenters. The third-order valence-electron chi connectivity index (χ3n) is 1.67. The van der Waals surface area contributed by atoms with Crippen LogP contribution in [-0.4, -0.2) is 30.8 Å². The van der Waals surface area contributed by atoms with E-state index in [1.54, 1.807) is 14.1 Å². The number of aliphatic hydroxyl groups is 1. The Morgan fingerprint density at radius 1 is 1.07 bits per heavy atom. The van der Waals surface area contributed by atoms with E-state index in [2.05, 4.69) is 12.2 Å². The lowest BCUT2D eigenvalue weighted by Crippen LogP contribution is -1.97. The summed E-state index contributed by atoms with van der Waals surface area (Å²) >= 11 is 0. The van der Waals surface area contributed by atoms with Gasteiger partial charge in [0.05, 0.1) is 5.29 Å². The van der Waals surface area contributed by atoms with Gasteiger partial charge in [-0.1, -0.05) is 39.0 Å². The smallest absolute Gasteiger partial charge is 0.0518 e. The van der Waals surface area contributed by atoms with Gasteiger partial charge in [0.15, 0.2) is 0 Å². The molecule has 1 N–H and O–H groups in total. The Balaban J connectivity index is 0. The molecule has 0 amide bonds. The summed E-state index contributed by atoms with van der Waals surface area (Å²) in [4.78, 5) is 9.18. The molecule has 4 heteroatoms. The van der Waals surface area contributed by atoms with E-state index >= 15 is 0 Å². The molecule has 0 saturated heterocycles. The quantitative estimate of drug-likeness (QED) is 0.394. The lowest BCUT2D eigenvalue weighted by atomic mass is 10.1. The first-order valence-electron chi connectivity index (χ1n) is 5.30. The lowest BCUT2D eigenvalue weighted by Gasteiger charge is -1.95. The normalized spacial score (nSPS) is 8.86. The van der Waals surface area contributed by atoms with Crippen LogP contribution < -0.4 is 0 Å². The van der Waals surface area contributed by atoms with Gasteiger partial charge in [-0.15, -0.1) is 4.91 Å². The topological polar surface area (TPSA) is 52.9 Å². The van der Waals surface area contributed by atoms with Crippen LogP contribution in [0, 0.1) is 4.91 Å². The summed E-state index contributed by atoms with van der Waals surface area (Å²) in [7, 11) is 3.15. The lowest BCUT2D eigenvalue weighted by molar-refractivity contribution is 0.282. The summed E-state index contributed by atoms with van der Waals surface area (Å²) in [6.07, 6.45) is 7.50. The number of unbranched alkanes of at least 4 members (excludes halogenated alkanes) is 5. The second-order valence-corrected chi connectivity index (χ2v) is 3.42. The zero-order valence-electron chi connectivity index (χ0n) is 9.70. The van der Waals surface area contributed by atoms with E-state index in [0.717, 1.165) is 6.42 Å².